The number of anilines is 1. The molecule has 3 aromatic rings. The third-order valence-corrected chi connectivity index (χ3v) is 9.97. The number of rotatable bonds is 7. The number of likely N-dealkylation sites (tertiary alicyclic amines) is 1. The van der Waals surface area contributed by atoms with Crippen LogP contribution in [0.25, 0.3) is 11.4 Å². The Morgan fingerprint density at radius 2 is 1.70 bits per heavy atom. The quantitative estimate of drug-likeness (QED) is 0.430. The molecule has 0 aliphatic carbocycles. The molecular weight excluding hydrogens is 526 g/mol. The number of benzene rings is 2. The summed E-state index contributed by atoms with van der Waals surface area (Å²) in [4.78, 5) is 20.1. The van der Waals surface area contributed by atoms with Gasteiger partial charge in [-0.2, -0.15) is 9.29 Å². The molecule has 0 radical (unpaired) electrons. The molecule has 10 heteroatoms. The number of hydrogen-bond donors (Lipinski definition) is 1. The van der Waals surface area contributed by atoms with Gasteiger partial charge in [-0.25, -0.2) is 8.42 Å². The lowest BCUT2D eigenvalue weighted by atomic mass is 9.87. The van der Waals surface area contributed by atoms with Gasteiger partial charge in [-0.3, -0.25) is 9.69 Å². The topological polar surface area (TPSA) is 109 Å². The van der Waals surface area contributed by atoms with Crippen LogP contribution in [0.4, 0.5) is 5.69 Å². The van der Waals surface area contributed by atoms with Gasteiger partial charge in [-0.1, -0.05) is 56.3 Å². The van der Waals surface area contributed by atoms with Gasteiger partial charge in [0.05, 0.1) is 11.4 Å². The van der Waals surface area contributed by atoms with E-state index in [0.717, 1.165) is 31.5 Å². The molecule has 1 N–H and O–H groups in total. The van der Waals surface area contributed by atoms with Gasteiger partial charge >= 0.3 is 0 Å². The lowest BCUT2D eigenvalue weighted by Crippen LogP contribution is -2.37. The van der Waals surface area contributed by atoms with Crippen LogP contribution in [0.2, 0.25) is 0 Å². The maximum absolute atomic E-state index is 13.1. The van der Waals surface area contributed by atoms with Crippen LogP contribution in [0.3, 0.4) is 0 Å². The Bertz CT molecular complexity index is 1450. The van der Waals surface area contributed by atoms with Crippen LogP contribution in [-0.2, 0) is 26.8 Å². The van der Waals surface area contributed by atoms with E-state index in [1.54, 1.807) is 25.1 Å². The van der Waals surface area contributed by atoms with Gasteiger partial charge in [0.2, 0.25) is 27.6 Å². The van der Waals surface area contributed by atoms with Crippen molar-refractivity contribution in [3.05, 3.63) is 59.5 Å². The van der Waals surface area contributed by atoms with Crippen molar-refractivity contribution < 1.29 is 17.7 Å². The van der Waals surface area contributed by atoms with Gasteiger partial charge in [0.1, 0.15) is 0 Å². The zero-order chi connectivity index (χ0) is 28.5. The second-order valence-corrected chi connectivity index (χ2v) is 13.9. The minimum atomic E-state index is -3.56. The van der Waals surface area contributed by atoms with E-state index in [4.69, 9.17) is 4.52 Å². The minimum Gasteiger partial charge on any atom is -0.338 e. The molecule has 1 amide bonds. The van der Waals surface area contributed by atoms with Gasteiger partial charge in [0, 0.05) is 30.3 Å². The lowest BCUT2D eigenvalue weighted by molar-refractivity contribution is -0.121. The number of piperidine rings is 1. The fourth-order valence-electron chi connectivity index (χ4n) is 5.37. The Hall–Kier alpha value is -3.08. The summed E-state index contributed by atoms with van der Waals surface area (Å²) in [5.74, 6) is 0.917. The Morgan fingerprint density at radius 1 is 1.02 bits per heavy atom. The summed E-state index contributed by atoms with van der Waals surface area (Å²) in [7, 11) is -3.56. The number of aryl methyl sites for hydroxylation is 1. The molecule has 2 aromatic carbocycles. The molecule has 9 nitrogen and oxygen atoms in total. The second kappa shape index (κ2) is 11.4. The number of aromatic nitrogens is 2. The predicted octanol–water partition coefficient (Wildman–Crippen LogP) is 4.98. The normalized spacial score (nSPS) is 17.8. The smallest absolute Gasteiger partial charge is 0.243 e. The highest BCUT2D eigenvalue weighted by molar-refractivity contribution is 7.89. The Kier molecular flexibility index (Phi) is 8.13. The summed E-state index contributed by atoms with van der Waals surface area (Å²) in [6.45, 7) is 11.4. The highest BCUT2D eigenvalue weighted by Crippen LogP contribution is 2.28. The van der Waals surface area contributed by atoms with Crippen molar-refractivity contribution in [1.29, 1.82) is 0 Å². The summed E-state index contributed by atoms with van der Waals surface area (Å²) < 4.78 is 33.3. The lowest BCUT2D eigenvalue weighted by Gasteiger charge is -2.30. The third-order valence-electron chi connectivity index (χ3n) is 7.93. The first-order valence-electron chi connectivity index (χ1n) is 14.1. The maximum atomic E-state index is 13.1. The van der Waals surface area contributed by atoms with Crippen molar-refractivity contribution in [1.82, 2.24) is 19.3 Å². The van der Waals surface area contributed by atoms with E-state index >= 15 is 0 Å². The first-order valence-corrected chi connectivity index (χ1v) is 15.5. The number of carbonyl (C=O) groups excluding carboxylic acids is 1. The molecule has 0 saturated carbocycles. The van der Waals surface area contributed by atoms with Crippen LogP contribution in [-0.4, -0.2) is 59.8 Å². The standard InChI is InChI=1S/C30H39N5O4S/c1-21-7-12-25(19-26(21)40(37,38)35-15-5-6-16-35)31-29(36)23-13-17-34(18-14-23)20-27-32-28(33-39-27)22-8-10-24(11-9-22)30(2,3)4/h7-12,19,23H,5-6,13-18,20H2,1-4H3,(H,31,36). The van der Waals surface area contributed by atoms with Crippen molar-refractivity contribution in [2.75, 3.05) is 31.5 Å². The fourth-order valence-corrected chi connectivity index (χ4v) is 7.14. The molecule has 2 aliphatic heterocycles. The van der Waals surface area contributed by atoms with Crippen molar-refractivity contribution >= 4 is 21.6 Å². The van der Waals surface area contributed by atoms with Crippen LogP contribution >= 0.6 is 0 Å². The van der Waals surface area contributed by atoms with Crippen molar-refractivity contribution in [2.24, 2.45) is 5.92 Å². The van der Waals surface area contributed by atoms with Crippen LogP contribution in [0, 0.1) is 12.8 Å². The molecule has 0 unspecified atom stereocenters. The predicted molar refractivity (Wildman–Crippen MR) is 154 cm³/mol. The zero-order valence-corrected chi connectivity index (χ0v) is 24.6. The fraction of sp³-hybridized carbons (Fsp3) is 0.500. The van der Waals surface area contributed by atoms with Gasteiger partial charge in [0.15, 0.2) is 0 Å². The Balaban J connectivity index is 1.15. The van der Waals surface area contributed by atoms with Crippen molar-refractivity contribution in [2.45, 2.75) is 70.2 Å². The number of sulfonamides is 1. The summed E-state index contributed by atoms with van der Waals surface area (Å²) in [5.41, 5.74) is 3.46. The molecule has 2 fully saturated rings. The molecule has 2 aliphatic rings. The summed E-state index contributed by atoms with van der Waals surface area (Å²) in [6, 6.07) is 13.4. The zero-order valence-electron chi connectivity index (χ0n) is 23.8. The number of carbonyl (C=O) groups is 1. The average molecular weight is 566 g/mol. The largest absolute Gasteiger partial charge is 0.338 e. The highest BCUT2D eigenvalue weighted by Gasteiger charge is 2.30. The summed E-state index contributed by atoms with van der Waals surface area (Å²) >= 11 is 0. The van der Waals surface area contributed by atoms with Crippen LogP contribution < -0.4 is 5.32 Å². The Morgan fingerprint density at radius 3 is 2.35 bits per heavy atom. The summed E-state index contributed by atoms with van der Waals surface area (Å²) in [6.07, 6.45) is 3.16. The third kappa shape index (κ3) is 6.29. The molecule has 1 aromatic heterocycles. The Labute approximate surface area is 237 Å². The molecule has 3 heterocycles. The summed E-state index contributed by atoms with van der Waals surface area (Å²) in [5, 5.41) is 7.13. The first kappa shape index (κ1) is 28.4. The number of hydrogen-bond acceptors (Lipinski definition) is 7. The van der Waals surface area contributed by atoms with Crippen LogP contribution in [0.15, 0.2) is 51.9 Å². The molecular formula is C30H39N5O4S. The highest BCUT2D eigenvalue weighted by atomic mass is 32.2. The van der Waals surface area contributed by atoms with Crippen LogP contribution in [0.5, 0.6) is 0 Å². The molecule has 0 bridgehead atoms. The van der Waals surface area contributed by atoms with Gasteiger partial charge in [-0.05, 0) is 74.4 Å². The van der Waals surface area contributed by atoms with E-state index in [2.05, 4.69) is 53.3 Å². The van der Waals surface area contributed by atoms with Crippen molar-refractivity contribution in [3.8, 4) is 11.4 Å². The van der Waals surface area contributed by atoms with Gasteiger partial charge in [0.25, 0.3) is 0 Å². The molecule has 0 atom stereocenters. The number of nitrogens with one attached hydrogen (secondary N) is 1. The molecule has 0 spiro atoms. The molecule has 40 heavy (non-hydrogen) atoms. The van der Waals surface area contributed by atoms with Gasteiger partial charge < -0.3 is 9.84 Å². The average Bonchev–Trinajstić information content (AvgIpc) is 3.63. The van der Waals surface area contributed by atoms with E-state index in [0.29, 0.717) is 55.4 Å². The van der Waals surface area contributed by atoms with E-state index in [1.807, 2.05) is 12.1 Å². The van der Waals surface area contributed by atoms with Crippen molar-refractivity contribution in [3.63, 3.8) is 0 Å². The second-order valence-electron chi connectivity index (χ2n) is 12.0. The maximum Gasteiger partial charge on any atom is 0.243 e. The van der Waals surface area contributed by atoms with E-state index < -0.39 is 10.0 Å². The van der Waals surface area contributed by atoms with E-state index in [9.17, 15) is 13.2 Å². The van der Waals surface area contributed by atoms with E-state index in [-0.39, 0.29) is 22.1 Å². The SMILES string of the molecule is Cc1ccc(NC(=O)C2CCN(Cc3nc(-c4ccc(C(C)(C)C)cc4)no3)CC2)cc1S(=O)(=O)N1CCCC1. The first-order chi connectivity index (χ1) is 19.0. The molecule has 5 rings (SSSR count). The van der Waals surface area contributed by atoms with E-state index in [1.165, 1.54) is 9.87 Å². The monoisotopic (exact) mass is 565 g/mol. The number of amides is 1. The number of nitrogens with zero attached hydrogens (tertiary/aromatic N) is 4. The molecule has 214 valence electrons. The van der Waals surface area contributed by atoms with Gasteiger partial charge in [-0.15, -0.1) is 0 Å². The minimum absolute atomic E-state index is 0.0770. The van der Waals surface area contributed by atoms with Crippen LogP contribution in [0.1, 0.15) is 63.5 Å². The molecule has 2 saturated heterocycles.